The van der Waals surface area contributed by atoms with Crippen LogP contribution in [0.25, 0.3) is 11.3 Å². The topological polar surface area (TPSA) is 87.4 Å². The Morgan fingerprint density at radius 2 is 1.78 bits per heavy atom. The second-order valence-electron chi connectivity index (χ2n) is 10.1. The molecule has 37 heavy (non-hydrogen) atoms. The number of anilines is 1. The van der Waals surface area contributed by atoms with Crippen molar-refractivity contribution >= 4 is 11.5 Å². The van der Waals surface area contributed by atoms with Crippen molar-refractivity contribution in [3.8, 4) is 28.6 Å². The highest BCUT2D eigenvalue weighted by Gasteiger charge is 2.30. The lowest BCUT2D eigenvalue weighted by molar-refractivity contribution is 0.0369. The van der Waals surface area contributed by atoms with Gasteiger partial charge < -0.3 is 29.2 Å². The van der Waals surface area contributed by atoms with E-state index in [2.05, 4.69) is 4.90 Å². The van der Waals surface area contributed by atoms with E-state index in [1.165, 1.54) is 0 Å². The fourth-order valence-electron chi connectivity index (χ4n) is 5.23. The molecule has 2 aromatic carbocycles. The second kappa shape index (κ2) is 10.5. The lowest BCUT2D eigenvalue weighted by atomic mass is 9.97. The van der Waals surface area contributed by atoms with Gasteiger partial charge in [-0.25, -0.2) is 0 Å². The summed E-state index contributed by atoms with van der Waals surface area (Å²) in [4.78, 5) is 18.2. The van der Waals surface area contributed by atoms with Crippen LogP contribution in [0.1, 0.15) is 34.8 Å². The molecule has 1 fully saturated rings. The molecule has 1 atom stereocenters. The van der Waals surface area contributed by atoms with Gasteiger partial charge in [0.1, 0.15) is 11.9 Å². The van der Waals surface area contributed by atoms with Gasteiger partial charge in [0.25, 0.3) is 0 Å². The summed E-state index contributed by atoms with van der Waals surface area (Å²) in [5, 5.41) is 22.1. The summed E-state index contributed by atoms with van der Waals surface area (Å²) in [5.41, 5.74) is 3.86. The second-order valence-corrected chi connectivity index (χ2v) is 10.1. The zero-order chi connectivity index (χ0) is 26.1. The minimum Gasteiger partial charge on any atom is -0.503 e. The number of hydrogen-bond donors (Lipinski definition) is 2. The van der Waals surface area contributed by atoms with Gasteiger partial charge in [-0.1, -0.05) is 12.1 Å². The molecule has 1 saturated heterocycles. The van der Waals surface area contributed by atoms with Crippen molar-refractivity contribution in [1.29, 1.82) is 0 Å². The molecular formula is C29H35N3O5. The van der Waals surface area contributed by atoms with Gasteiger partial charge >= 0.3 is 0 Å². The number of aromatic hydroxyl groups is 2. The third-order valence-electron chi connectivity index (χ3n) is 7.21. The van der Waals surface area contributed by atoms with Crippen molar-refractivity contribution in [2.45, 2.75) is 32.4 Å². The molecule has 0 spiro atoms. The molecule has 1 aromatic heterocycles. The quantitative estimate of drug-likeness (QED) is 0.449. The van der Waals surface area contributed by atoms with Gasteiger partial charge in [0.15, 0.2) is 11.5 Å². The number of morpholine rings is 1. The lowest BCUT2D eigenvalue weighted by Gasteiger charge is -2.26. The molecule has 2 aliphatic heterocycles. The molecule has 196 valence electrons. The summed E-state index contributed by atoms with van der Waals surface area (Å²) < 4.78 is 12.9. The highest BCUT2D eigenvalue weighted by atomic mass is 16.5. The van der Waals surface area contributed by atoms with Gasteiger partial charge in [-0.05, 0) is 54.8 Å². The Balaban J connectivity index is 1.52. The van der Waals surface area contributed by atoms with E-state index >= 15 is 0 Å². The van der Waals surface area contributed by atoms with Crippen molar-refractivity contribution in [2.24, 2.45) is 0 Å². The molecule has 3 aromatic rings. The Morgan fingerprint density at radius 1 is 1.05 bits per heavy atom. The fraction of sp³-hybridized carbons (Fsp3) is 0.414. The van der Waals surface area contributed by atoms with Crippen LogP contribution in [-0.4, -0.2) is 78.5 Å². The summed E-state index contributed by atoms with van der Waals surface area (Å²) in [6, 6.07) is 13.2. The maximum absolute atomic E-state index is 13.8. The van der Waals surface area contributed by atoms with E-state index in [0.717, 1.165) is 68.3 Å². The predicted octanol–water partition coefficient (Wildman–Crippen LogP) is 3.91. The minimum absolute atomic E-state index is 0.0659. The van der Waals surface area contributed by atoms with E-state index in [0.29, 0.717) is 17.8 Å². The Labute approximate surface area is 217 Å². The molecule has 1 unspecified atom stereocenters. The Hall–Kier alpha value is -3.49. The van der Waals surface area contributed by atoms with Crippen LogP contribution >= 0.6 is 0 Å². The first-order valence-corrected chi connectivity index (χ1v) is 12.9. The molecular weight excluding hydrogens is 470 g/mol. The Bertz CT molecular complexity index is 1280. The minimum atomic E-state index is -0.381. The van der Waals surface area contributed by atoms with Crippen LogP contribution in [0.2, 0.25) is 0 Å². The average molecular weight is 506 g/mol. The van der Waals surface area contributed by atoms with Crippen LogP contribution in [0, 0.1) is 0 Å². The van der Waals surface area contributed by atoms with E-state index in [9.17, 15) is 15.0 Å². The summed E-state index contributed by atoms with van der Waals surface area (Å²) in [5.74, 6) is -0.201. The Morgan fingerprint density at radius 3 is 2.49 bits per heavy atom. The predicted molar refractivity (Wildman–Crippen MR) is 143 cm³/mol. The van der Waals surface area contributed by atoms with Gasteiger partial charge in [0.05, 0.1) is 24.5 Å². The summed E-state index contributed by atoms with van der Waals surface area (Å²) in [7, 11) is 3.93. The summed E-state index contributed by atoms with van der Waals surface area (Å²) >= 11 is 0. The van der Waals surface area contributed by atoms with E-state index in [-0.39, 0.29) is 29.1 Å². The van der Waals surface area contributed by atoms with E-state index < -0.39 is 0 Å². The van der Waals surface area contributed by atoms with Crippen LogP contribution in [0.5, 0.6) is 17.4 Å². The van der Waals surface area contributed by atoms with Gasteiger partial charge in [-0.2, -0.15) is 0 Å². The molecule has 2 aliphatic rings. The number of nitrogens with zero attached hydrogens (tertiary/aromatic N) is 3. The zero-order valence-electron chi connectivity index (χ0n) is 21.7. The first-order valence-electron chi connectivity index (χ1n) is 12.9. The van der Waals surface area contributed by atoms with Gasteiger partial charge in [-0.15, -0.1) is 0 Å². The first-order chi connectivity index (χ1) is 17.8. The van der Waals surface area contributed by atoms with Crippen molar-refractivity contribution in [1.82, 2.24) is 9.47 Å². The number of ketones is 1. The van der Waals surface area contributed by atoms with E-state index in [4.69, 9.17) is 9.47 Å². The van der Waals surface area contributed by atoms with Crippen LogP contribution < -0.4 is 9.64 Å². The van der Waals surface area contributed by atoms with Crippen molar-refractivity contribution in [3.05, 3.63) is 59.2 Å². The maximum atomic E-state index is 13.8. The first kappa shape index (κ1) is 25.2. The average Bonchev–Trinajstić information content (AvgIpc) is 3.40. The molecule has 0 radical (unpaired) electrons. The number of ether oxygens (including phenoxy) is 2. The molecule has 3 heterocycles. The molecule has 5 rings (SSSR count). The number of hydrogen-bond acceptors (Lipinski definition) is 7. The van der Waals surface area contributed by atoms with Crippen molar-refractivity contribution < 1.29 is 24.5 Å². The molecule has 8 heteroatoms. The molecule has 0 bridgehead atoms. The van der Waals surface area contributed by atoms with Crippen LogP contribution in [0.3, 0.4) is 0 Å². The number of rotatable bonds is 8. The highest BCUT2D eigenvalue weighted by Crippen LogP contribution is 2.43. The number of fused-ring (bicyclic) bond motifs is 1. The van der Waals surface area contributed by atoms with Gasteiger partial charge in [0, 0.05) is 57.9 Å². The maximum Gasteiger partial charge on any atom is 0.235 e. The van der Waals surface area contributed by atoms with Crippen LogP contribution in [0.15, 0.2) is 42.5 Å². The van der Waals surface area contributed by atoms with Crippen molar-refractivity contribution in [2.75, 3.05) is 51.8 Å². The summed E-state index contributed by atoms with van der Waals surface area (Å²) in [6.07, 6.45) is 1.55. The molecule has 0 saturated carbocycles. The number of carbonyl (C=O) groups is 1. The molecule has 8 nitrogen and oxygen atoms in total. The summed E-state index contributed by atoms with van der Waals surface area (Å²) in [6.45, 7) is 6.51. The van der Waals surface area contributed by atoms with Gasteiger partial charge in [-0.3, -0.25) is 9.69 Å². The third kappa shape index (κ3) is 5.04. The lowest BCUT2D eigenvalue weighted by Crippen LogP contribution is -2.37. The smallest absolute Gasteiger partial charge is 0.235 e. The normalized spacial score (nSPS) is 17.4. The van der Waals surface area contributed by atoms with E-state index in [1.54, 1.807) is 10.6 Å². The molecule has 2 N–H and O–H groups in total. The number of carbonyl (C=O) groups excluding carboxylic acids is 1. The third-order valence-corrected chi connectivity index (χ3v) is 7.21. The molecule has 0 amide bonds. The highest BCUT2D eigenvalue weighted by molar-refractivity contribution is 6.15. The Kier molecular flexibility index (Phi) is 7.13. The van der Waals surface area contributed by atoms with E-state index in [1.807, 2.05) is 62.3 Å². The van der Waals surface area contributed by atoms with Crippen LogP contribution in [0.4, 0.5) is 5.69 Å². The standard InChI is InChI=1S/C29H35N3O5/c1-19-17-22-18-21(7-10-24(22)37-19)27(33)25-26(20-5-8-23(9-6-20)30(2)3)32(29(35)28(25)34)12-4-11-31-13-15-36-16-14-31/h5-10,18-19,34-35H,4,11-17H2,1-3H3. The van der Waals surface area contributed by atoms with Crippen molar-refractivity contribution in [3.63, 3.8) is 0 Å². The molecule has 0 aliphatic carbocycles. The van der Waals surface area contributed by atoms with Crippen LogP contribution in [-0.2, 0) is 17.7 Å². The number of aromatic nitrogens is 1. The SMILES string of the molecule is CC1Cc2cc(C(=O)c3c(O)c(O)n(CCCN4CCOCC4)c3-c3ccc(N(C)C)cc3)ccc2O1. The monoisotopic (exact) mass is 505 g/mol. The fourth-order valence-corrected chi connectivity index (χ4v) is 5.23. The zero-order valence-corrected chi connectivity index (χ0v) is 21.7. The number of benzene rings is 2. The largest absolute Gasteiger partial charge is 0.503 e. The van der Waals surface area contributed by atoms with Gasteiger partial charge in [0.2, 0.25) is 5.88 Å².